The van der Waals surface area contributed by atoms with Gasteiger partial charge >= 0.3 is 0 Å². The number of aryl methyl sites for hydroxylation is 1. The molecule has 0 amide bonds. The van der Waals surface area contributed by atoms with E-state index in [0.717, 1.165) is 33.0 Å². The number of nitrogens with zero attached hydrogens (tertiary/aromatic N) is 2. The van der Waals surface area contributed by atoms with Crippen LogP contribution >= 0.6 is 11.3 Å². The Kier molecular flexibility index (Phi) is 3.85. The van der Waals surface area contributed by atoms with Crippen LogP contribution in [0.1, 0.15) is 16.1 Å². The Bertz CT molecular complexity index is 822. The minimum atomic E-state index is 0.0588. The number of ketones is 1. The van der Waals surface area contributed by atoms with Crippen LogP contribution in [0.25, 0.3) is 10.9 Å². The smallest absolute Gasteiger partial charge is 0.184 e. The van der Waals surface area contributed by atoms with Crippen molar-refractivity contribution in [2.75, 3.05) is 19.0 Å². The molecule has 0 fully saturated rings. The van der Waals surface area contributed by atoms with Crippen molar-refractivity contribution >= 4 is 33.2 Å². The summed E-state index contributed by atoms with van der Waals surface area (Å²) >= 11 is 1.48. The molecule has 0 aliphatic rings. The zero-order chi connectivity index (χ0) is 15.7. The van der Waals surface area contributed by atoms with Crippen molar-refractivity contribution in [3.63, 3.8) is 0 Å². The van der Waals surface area contributed by atoms with Gasteiger partial charge in [0, 0.05) is 41.3 Å². The number of anilines is 1. The summed E-state index contributed by atoms with van der Waals surface area (Å²) < 4.78 is 7.29. The summed E-state index contributed by atoms with van der Waals surface area (Å²) in [5.41, 5.74) is 2.70. The number of nitrogens with one attached hydrogen (secondary N) is 1. The quantitative estimate of drug-likeness (QED) is 0.734. The highest BCUT2D eigenvalue weighted by molar-refractivity contribution is 7.13. The molecule has 0 aliphatic carbocycles. The fourth-order valence-corrected chi connectivity index (χ4v) is 3.11. The number of hydrogen-bond donors (Lipinski definition) is 1. The molecule has 3 rings (SSSR count). The van der Waals surface area contributed by atoms with Gasteiger partial charge in [-0.2, -0.15) is 0 Å². The molecule has 1 N–H and O–H groups in total. The molecule has 0 unspecified atom stereocenters. The Morgan fingerprint density at radius 1 is 1.45 bits per heavy atom. The van der Waals surface area contributed by atoms with Crippen LogP contribution in [0.15, 0.2) is 29.8 Å². The second kappa shape index (κ2) is 5.81. The summed E-state index contributed by atoms with van der Waals surface area (Å²) in [6, 6.07) is 5.78. The van der Waals surface area contributed by atoms with E-state index in [-0.39, 0.29) is 12.3 Å². The van der Waals surface area contributed by atoms with Crippen LogP contribution in [-0.4, -0.2) is 29.0 Å². The molecule has 0 saturated heterocycles. The predicted octanol–water partition coefficient (Wildman–Crippen LogP) is 3.25. The first-order chi connectivity index (χ1) is 10.6. The fourth-order valence-electron chi connectivity index (χ4n) is 2.58. The van der Waals surface area contributed by atoms with Gasteiger partial charge in [-0.3, -0.25) is 4.79 Å². The first-order valence-corrected chi connectivity index (χ1v) is 7.79. The second-order valence-electron chi connectivity index (χ2n) is 5.02. The van der Waals surface area contributed by atoms with Crippen molar-refractivity contribution in [3.05, 3.63) is 41.0 Å². The largest absolute Gasteiger partial charge is 0.497 e. The summed E-state index contributed by atoms with van der Waals surface area (Å²) in [5.74, 6) is 0.844. The topological polar surface area (TPSA) is 56.1 Å². The zero-order valence-corrected chi connectivity index (χ0v) is 13.5. The number of ether oxygens (including phenoxy) is 1. The van der Waals surface area contributed by atoms with Crippen LogP contribution in [0.3, 0.4) is 0 Å². The molecule has 6 heteroatoms. The summed E-state index contributed by atoms with van der Waals surface area (Å²) in [6.45, 7) is 2.20. The van der Waals surface area contributed by atoms with Crippen molar-refractivity contribution in [1.29, 1.82) is 0 Å². The molecule has 2 heterocycles. The molecule has 0 aliphatic heterocycles. The average molecular weight is 315 g/mol. The number of thiazole rings is 1. The molecule has 0 spiro atoms. The number of carbonyl (C=O) groups is 1. The van der Waals surface area contributed by atoms with Gasteiger partial charge in [0.05, 0.1) is 19.2 Å². The van der Waals surface area contributed by atoms with Gasteiger partial charge in [-0.25, -0.2) is 4.98 Å². The maximum atomic E-state index is 12.6. The Hall–Kier alpha value is -2.34. The number of carbonyl (C=O) groups excluding carboxylic acids is 1. The summed E-state index contributed by atoms with van der Waals surface area (Å²) in [5, 5.41) is 6.66. The Balaban J connectivity index is 1.95. The third kappa shape index (κ3) is 2.46. The van der Waals surface area contributed by atoms with E-state index in [1.54, 1.807) is 13.3 Å². The number of methoxy groups -OCH3 is 1. The number of aromatic nitrogens is 2. The van der Waals surface area contributed by atoms with E-state index < -0.39 is 0 Å². The molecule has 3 aromatic rings. The lowest BCUT2D eigenvalue weighted by molar-refractivity contribution is 0.101. The van der Waals surface area contributed by atoms with Gasteiger partial charge in [-0.15, -0.1) is 11.3 Å². The van der Waals surface area contributed by atoms with Crippen LogP contribution in [0.2, 0.25) is 0 Å². The van der Waals surface area contributed by atoms with E-state index in [0.29, 0.717) is 0 Å². The lowest BCUT2D eigenvalue weighted by atomic mass is 10.1. The molecule has 1 aromatic carbocycles. The lowest BCUT2D eigenvalue weighted by Gasteiger charge is -2.03. The van der Waals surface area contributed by atoms with Crippen molar-refractivity contribution in [1.82, 2.24) is 9.55 Å². The van der Waals surface area contributed by atoms with Gasteiger partial charge in [0.15, 0.2) is 10.9 Å². The minimum absolute atomic E-state index is 0.0588. The molecular weight excluding hydrogens is 298 g/mol. The highest BCUT2D eigenvalue weighted by Gasteiger charge is 2.18. The van der Waals surface area contributed by atoms with Crippen molar-refractivity contribution < 1.29 is 9.53 Å². The van der Waals surface area contributed by atoms with Gasteiger partial charge in [0.1, 0.15) is 5.75 Å². The predicted molar refractivity (Wildman–Crippen MR) is 89.1 cm³/mol. The van der Waals surface area contributed by atoms with Crippen LogP contribution in [-0.2, 0) is 7.05 Å². The molecule has 22 heavy (non-hydrogen) atoms. The number of Topliss-reactive ketones (excluding diaryl/α,β-unsaturated/α-hetero) is 1. The second-order valence-corrected chi connectivity index (χ2v) is 5.91. The average Bonchev–Trinajstić information content (AvgIpc) is 3.13. The summed E-state index contributed by atoms with van der Waals surface area (Å²) in [4.78, 5) is 16.7. The molecule has 5 nitrogen and oxygen atoms in total. The molecule has 0 bridgehead atoms. The van der Waals surface area contributed by atoms with Gasteiger partial charge in [0.25, 0.3) is 0 Å². The van der Waals surface area contributed by atoms with Gasteiger partial charge < -0.3 is 14.6 Å². The van der Waals surface area contributed by atoms with E-state index in [1.807, 2.05) is 42.1 Å². The number of fused-ring (bicyclic) bond motifs is 1. The Labute approximate surface area is 132 Å². The SMILES string of the molecule is COc1ccc2c(C(=O)CNc3nccs3)c(C)n(C)c2c1. The molecule has 0 radical (unpaired) electrons. The Morgan fingerprint density at radius 3 is 2.95 bits per heavy atom. The number of rotatable bonds is 5. The zero-order valence-electron chi connectivity index (χ0n) is 12.7. The lowest BCUT2D eigenvalue weighted by Crippen LogP contribution is -2.14. The molecule has 0 saturated carbocycles. The van der Waals surface area contributed by atoms with Gasteiger partial charge in [-0.1, -0.05) is 0 Å². The molecule has 0 atom stereocenters. The highest BCUT2D eigenvalue weighted by atomic mass is 32.1. The van der Waals surface area contributed by atoms with E-state index in [1.165, 1.54) is 11.3 Å². The maximum Gasteiger partial charge on any atom is 0.184 e. The highest BCUT2D eigenvalue weighted by Crippen LogP contribution is 2.28. The standard InChI is InChI=1S/C16H17N3O2S/c1-10-15(14(20)9-18-16-17-6-7-22-16)12-5-4-11(21-3)8-13(12)19(10)2/h4-8H,9H2,1-3H3,(H,17,18). The van der Waals surface area contributed by atoms with Crippen LogP contribution in [0.4, 0.5) is 5.13 Å². The monoisotopic (exact) mass is 315 g/mol. The molecular formula is C16H17N3O2S. The van der Waals surface area contributed by atoms with Crippen LogP contribution in [0, 0.1) is 6.92 Å². The van der Waals surface area contributed by atoms with Crippen molar-refractivity contribution in [2.24, 2.45) is 7.05 Å². The van der Waals surface area contributed by atoms with Crippen molar-refractivity contribution in [2.45, 2.75) is 6.92 Å². The maximum absolute atomic E-state index is 12.6. The number of benzene rings is 1. The van der Waals surface area contributed by atoms with Crippen LogP contribution in [0.5, 0.6) is 5.75 Å². The summed E-state index contributed by atoms with van der Waals surface area (Å²) in [7, 11) is 3.60. The van der Waals surface area contributed by atoms with E-state index in [9.17, 15) is 4.79 Å². The summed E-state index contributed by atoms with van der Waals surface area (Å²) in [6.07, 6.45) is 1.72. The first-order valence-electron chi connectivity index (χ1n) is 6.91. The van der Waals surface area contributed by atoms with Gasteiger partial charge in [-0.05, 0) is 19.1 Å². The molecule has 114 valence electrons. The third-order valence-corrected chi connectivity index (χ3v) is 4.54. The van der Waals surface area contributed by atoms with Crippen molar-refractivity contribution in [3.8, 4) is 5.75 Å². The van der Waals surface area contributed by atoms with E-state index in [2.05, 4.69) is 10.3 Å². The number of hydrogen-bond acceptors (Lipinski definition) is 5. The Morgan fingerprint density at radius 2 is 2.27 bits per heavy atom. The molecule has 2 aromatic heterocycles. The fraction of sp³-hybridized carbons (Fsp3) is 0.250. The van der Waals surface area contributed by atoms with Gasteiger partial charge in [0.2, 0.25) is 0 Å². The third-order valence-electron chi connectivity index (χ3n) is 3.81. The van der Waals surface area contributed by atoms with E-state index >= 15 is 0 Å². The minimum Gasteiger partial charge on any atom is -0.497 e. The first kappa shape index (κ1) is 14.6. The van der Waals surface area contributed by atoms with E-state index in [4.69, 9.17) is 4.74 Å². The van der Waals surface area contributed by atoms with Crippen LogP contribution < -0.4 is 10.1 Å². The normalized spacial score (nSPS) is 10.9.